The Labute approximate surface area is 179 Å². The second-order valence-electron chi connectivity index (χ2n) is 7.52. The fourth-order valence-corrected chi connectivity index (χ4v) is 3.79. The van der Waals surface area contributed by atoms with Crippen LogP contribution in [-0.2, 0) is 6.54 Å². The smallest absolute Gasteiger partial charge is 0.407 e. The first-order valence-electron chi connectivity index (χ1n) is 10.0. The minimum Gasteiger partial charge on any atom is -0.472 e. The molecule has 0 saturated carbocycles. The predicted octanol–water partition coefficient (Wildman–Crippen LogP) is 3.87. The summed E-state index contributed by atoms with van der Waals surface area (Å²) in [4.78, 5) is 27.9. The minimum absolute atomic E-state index is 0.114. The van der Waals surface area contributed by atoms with Crippen LogP contribution in [0.4, 0.5) is 21.9 Å². The van der Waals surface area contributed by atoms with E-state index in [0.29, 0.717) is 30.0 Å². The van der Waals surface area contributed by atoms with E-state index in [1.54, 1.807) is 42.9 Å². The molecule has 8 heteroatoms. The van der Waals surface area contributed by atoms with E-state index in [2.05, 4.69) is 10.2 Å². The molecule has 8 nitrogen and oxygen atoms in total. The molecule has 1 aliphatic heterocycles. The standard InChI is InChI=1S/C23H24N4O4/c24-20-3-1-2-4-21(20)25-22(28)17-5-7-18(8-6-17)26-11-9-19(14-26)27(23(29)30)13-16-10-12-31-15-16/h1-8,10,12,15,19H,9,11,13-14,24H2,(H,25,28)(H,29,30)/t19-/m0/s1. The van der Waals surface area contributed by atoms with Crippen LogP contribution in [0.1, 0.15) is 22.3 Å². The Hall–Kier alpha value is -3.94. The Morgan fingerprint density at radius 1 is 1.16 bits per heavy atom. The summed E-state index contributed by atoms with van der Waals surface area (Å²) >= 11 is 0. The van der Waals surface area contributed by atoms with E-state index in [1.165, 1.54) is 4.90 Å². The summed E-state index contributed by atoms with van der Waals surface area (Å²) < 4.78 is 5.05. The molecule has 0 aliphatic carbocycles. The second-order valence-corrected chi connectivity index (χ2v) is 7.52. The van der Waals surface area contributed by atoms with Crippen molar-refractivity contribution in [1.82, 2.24) is 4.90 Å². The monoisotopic (exact) mass is 420 g/mol. The molecule has 2 heterocycles. The van der Waals surface area contributed by atoms with E-state index in [0.717, 1.165) is 24.2 Å². The van der Waals surface area contributed by atoms with E-state index < -0.39 is 6.09 Å². The molecule has 1 aromatic heterocycles. The lowest BCUT2D eigenvalue weighted by Gasteiger charge is -2.26. The van der Waals surface area contributed by atoms with Gasteiger partial charge in [0, 0.05) is 29.9 Å². The predicted molar refractivity (Wildman–Crippen MR) is 118 cm³/mol. The number of rotatable bonds is 6. The number of furan rings is 1. The number of nitrogens with zero attached hydrogens (tertiary/aromatic N) is 2. The summed E-state index contributed by atoms with van der Waals surface area (Å²) in [6.45, 7) is 1.63. The van der Waals surface area contributed by atoms with Crippen LogP contribution < -0.4 is 16.0 Å². The largest absolute Gasteiger partial charge is 0.472 e. The third-order valence-corrected chi connectivity index (χ3v) is 5.49. The fourth-order valence-electron chi connectivity index (χ4n) is 3.79. The van der Waals surface area contributed by atoms with Crippen molar-refractivity contribution in [3.8, 4) is 0 Å². The Kier molecular flexibility index (Phi) is 5.79. The molecule has 1 atom stereocenters. The molecule has 4 rings (SSSR count). The number of amides is 2. The Morgan fingerprint density at radius 2 is 1.94 bits per heavy atom. The molecule has 160 valence electrons. The van der Waals surface area contributed by atoms with E-state index in [9.17, 15) is 14.7 Å². The molecule has 0 spiro atoms. The van der Waals surface area contributed by atoms with Crippen molar-refractivity contribution in [2.75, 3.05) is 29.0 Å². The Bertz CT molecular complexity index is 1050. The number of carbonyl (C=O) groups is 2. The number of nitrogens with two attached hydrogens (primary N) is 1. The van der Waals surface area contributed by atoms with Crippen LogP contribution in [0.2, 0.25) is 0 Å². The lowest BCUT2D eigenvalue weighted by molar-refractivity contribution is 0.102. The zero-order chi connectivity index (χ0) is 21.8. The number of nitrogen functional groups attached to an aromatic ring is 1. The van der Waals surface area contributed by atoms with E-state index >= 15 is 0 Å². The van der Waals surface area contributed by atoms with Gasteiger partial charge in [-0.3, -0.25) is 9.69 Å². The van der Waals surface area contributed by atoms with Gasteiger partial charge in [0.15, 0.2) is 0 Å². The van der Waals surface area contributed by atoms with Gasteiger partial charge < -0.3 is 25.5 Å². The third kappa shape index (κ3) is 4.63. The van der Waals surface area contributed by atoms with E-state index in [4.69, 9.17) is 10.2 Å². The minimum atomic E-state index is -0.944. The van der Waals surface area contributed by atoms with Crippen molar-refractivity contribution < 1.29 is 19.1 Å². The topological polar surface area (TPSA) is 112 Å². The average molecular weight is 420 g/mol. The molecule has 1 aliphatic rings. The lowest BCUT2D eigenvalue weighted by atomic mass is 10.1. The zero-order valence-electron chi connectivity index (χ0n) is 16.9. The Balaban J connectivity index is 1.39. The zero-order valence-corrected chi connectivity index (χ0v) is 16.9. The molecule has 3 aromatic rings. The molecule has 4 N–H and O–H groups in total. The van der Waals surface area contributed by atoms with Crippen molar-refractivity contribution in [1.29, 1.82) is 0 Å². The van der Waals surface area contributed by atoms with Crippen molar-refractivity contribution in [2.45, 2.75) is 19.0 Å². The normalized spacial score (nSPS) is 15.6. The van der Waals surface area contributed by atoms with E-state index in [-0.39, 0.29) is 11.9 Å². The maximum absolute atomic E-state index is 12.5. The highest BCUT2D eigenvalue weighted by Gasteiger charge is 2.31. The van der Waals surface area contributed by atoms with Crippen LogP contribution in [0.3, 0.4) is 0 Å². The number of benzene rings is 2. The van der Waals surface area contributed by atoms with Gasteiger partial charge in [-0.25, -0.2) is 4.79 Å². The van der Waals surface area contributed by atoms with Gasteiger partial charge in [0.25, 0.3) is 5.91 Å². The molecular weight excluding hydrogens is 396 g/mol. The number of carbonyl (C=O) groups excluding carboxylic acids is 1. The van der Waals surface area contributed by atoms with Crippen LogP contribution in [0.25, 0.3) is 0 Å². The highest BCUT2D eigenvalue weighted by molar-refractivity contribution is 6.05. The van der Waals surface area contributed by atoms with Crippen molar-refractivity contribution in [2.24, 2.45) is 0 Å². The van der Waals surface area contributed by atoms with Gasteiger partial charge in [-0.1, -0.05) is 12.1 Å². The quantitative estimate of drug-likeness (QED) is 0.522. The van der Waals surface area contributed by atoms with Crippen LogP contribution in [0.5, 0.6) is 0 Å². The van der Waals surface area contributed by atoms with Gasteiger partial charge in [0.1, 0.15) is 0 Å². The average Bonchev–Trinajstić information content (AvgIpc) is 3.46. The maximum atomic E-state index is 12.5. The molecule has 1 fully saturated rings. The van der Waals surface area contributed by atoms with Gasteiger partial charge in [-0.2, -0.15) is 0 Å². The summed E-state index contributed by atoms with van der Waals surface area (Å²) in [5, 5.41) is 12.5. The number of anilines is 3. The van der Waals surface area contributed by atoms with Crippen molar-refractivity contribution >= 4 is 29.1 Å². The Morgan fingerprint density at radius 3 is 2.61 bits per heavy atom. The first-order valence-corrected chi connectivity index (χ1v) is 10.0. The van der Waals surface area contributed by atoms with Crippen LogP contribution in [0, 0.1) is 0 Å². The van der Waals surface area contributed by atoms with Gasteiger partial charge in [0.2, 0.25) is 0 Å². The first-order chi connectivity index (χ1) is 15.0. The van der Waals surface area contributed by atoms with Gasteiger partial charge >= 0.3 is 6.09 Å². The molecule has 31 heavy (non-hydrogen) atoms. The highest BCUT2D eigenvalue weighted by Crippen LogP contribution is 2.25. The number of nitrogens with one attached hydrogen (secondary N) is 1. The van der Waals surface area contributed by atoms with Crippen molar-refractivity contribution in [3.05, 3.63) is 78.3 Å². The number of hydrogen-bond acceptors (Lipinski definition) is 5. The summed E-state index contributed by atoms with van der Waals surface area (Å²) in [5.41, 5.74) is 9.27. The molecule has 1 saturated heterocycles. The molecular formula is C23H24N4O4. The van der Waals surface area contributed by atoms with Gasteiger partial charge in [-0.15, -0.1) is 0 Å². The molecule has 2 amide bonds. The van der Waals surface area contributed by atoms with Crippen molar-refractivity contribution in [3.63, 3.8) is 0 Å². The summed E-state index contributed by atoms with van der Waals surface area (Å²) in [7, 11) is 0. The van der Waals surface area contributed by atoms with Gasteiger partial charge in [-0.05, 0) is 48.9 Å². The fraction of sp³-hybridized carbons (Fsp3) is 0.217. The second kappa shape index (κ2) is 8.83. The molecule has 0 bridgehead atoms. The number of hydrogen-bond donors (Lipinski definition) is 3. The first kappa shape index (κ1) is 20.3. The maximum Gasteiger partial charge on any atom is 0.407 e. The highest BCUT2D eigenvalue weighted by atomic mass is 16.4. The summed E-state index contributed by atoms with van der Waals surface area (Å²) in [6, 6.07) is 16.1. The third-order valence-electron chi connectivity index (χ3n) is 5.49. The summed E-state index contributed by atoms with van der Waals surface area (Å²) in [6.07, 6.45) is 2.90. The molecule has 2 aromatic carbocycles. The SMILES string of the molecule is Nc1ccccc1NC(=O)c1ccc(N2CC[C@H](N(Cc3ccoc3)C(=O)O)C2)cc1. The number of para-hydroxylation sites is 2. The number of carboxylic acid groups (broad SMARTS) is 1. The summed E-state index contributed by atoms with van der Waals surface area (Å²) in [5.74, 6) is -0.235. The van der Waals surface area contributed by atoms with Crippen LogP contribution >= 0.6 is 0 Å². The van der Waals surface area contributed by atoms with Crippen LogP contribution in [0.15, 0.2) is 71.5 Å². The molecule has 0 radical (unpaired) electrons. The molecule has 0 unspecified atom stereocenters. The van der Waals surface area contributed by atoms with E-state index in [1.807, 2.05) is 24.3 Å². The van der Waals surface area contributed by atoms with Gasteiger partial charge in [0.05, 0.1) is 36.5 Å². The van der Waals surface area contributed by atoms with Crippen LogP contribution in [-0.4, -0.2) is 41.1 Å². The lowest BCUT2D eigenvalue weighted by Crippen LogP contribution is -2.40.